The largest absolute Gasteiger partial charge is 0.379 e. The molecule has 0 saturated heterocycles. The predicted octanol–water partition coefficient (Wildman–Crippen LogP) is 1.54. The molecule has 0 spiro atoms. The Morgan fingerprint density at radius 1 is 0.492 bits per heavy atom. The van der Waals surface area contributed by atoms with Gasteiger partial charge in [0.1, 0.15) is 0 Å². The van der Waals surface area contributed by atoms with Crippen molar-refractivity contribution >= 4 is 57.8 Å². The monoisotopic (exact) mass is 988 g/mol. The molecule has 0 radical (unpaired) electrons. The fourth-order valence-electron chi connectivity index (χ4n) is 5.31. The van der Waals surface area contributed by atoms with Crippen LogP contribution in [0.2, 0.25) is 0 Å². The van der Waals surface area contributed by atoms with Gasteiger partial charge in [-0.2, -0.15) is 12.6 Å². The Hall–Kier alpha value is -2.25. The Labute approximate surface area is 408 Å². The van der Waals surface area contributed by atoms with E-state index in [1.54, 1.807) is 21.6 Å². The van der Waals surface area contributed by atoms with Crippen LogP contribution in [0.5, 0.6) is 0 Å². The summed E-state index contributed by atoms with van der Waals surface area (Å²) >= 11 is 3.99. The lowest BCUT2D eigenvalue weighted by molar-refractivity contribution is -0.123. The van der Waals surface area contributed by atoms with Gasteiger partial charge in [-0.1, -0.05) is 52.6 Å². The molecule has 1 rings (SSSR count). The number of nitrogens with two attached hydrogens (primary N) is 2. The van der Waals surface area contributed by atoms with E-state index >= 15 is 0 Å². The molecule has 4 amide bonds. The number of ether oxygens (including phenoxy) is 4. The first-order valence-corrected chi connectivity index (χ1v) is 26.4. The van der Waals surface area contributed by atoms with E-state index < -0.39 is 0 Å². The molecule has 382 valence electrons. The Kier molecular flexibility index (Phi) is 49.3. The molecule has 12 N–H and O–H groups in total. The number of amides is 4. The molecule has 1 aromatic carbocycles. The van der Waals surface area contributed by atoms with Crippen molar-refractivity contribution in [2.45, 2.75) is 69.1 Å². The highest BCUT2D eigenvalue weighted by Gasteiger charge is 2.04. The van der Waals surface area contributed by atoms with E-state index in [1.807, 2.05) is 18.2 Å². The van der Waals surface area contributed by atoms with E-state index in [0.29, 0.717) is 124 Å². The van der Waals surface area contributed by atoms with Crippen LogP contribution in [0.3, 0.4) is 0 Å². The summed E-state index contributed by atoms with van der Waals surface area (Å²) in [7, 11) is 3.36. The van der Waals surface area contributed by atoms with Crippen LogP contribution in [0.15, 0.2) is 35.2 Å². The van der Waals surface area contributed by atoms with Crippen LogP contribution in [0, 0.1) is 0 Å². The summed E-state index contributed by atoms with van der Waals surface area (Å²) in [5.74, 6) is 1.30. The van der Waals surface area contributed by atoms with Gasteiger partial charge in [-0.15, -0.1) is 0 Å². The SMILES string of the molecule is NCCNCCCCCNCCNC(=O)CCOCCOCCNC(=O)CCS.NCCNCCCCCNCCNC(=O)CCOCCOCCNC(=O)CCSSc1ccccc1.[2H][3H].[3HH]. The second-order valence-corrected chi connectivity index (χ2v) is 17.4. The Morgan fingerprint density at radius 2 is 0.892 bits per heavy atom. The van der Waals surface area contributed by atoms with E-state index in [1.165, 1.54) is 17.7 Å². The molecule has 0 aromatic heterocycles. The van der Waals surface area contributed by atoms with Crippen molar-refractivity contribution in [3.8, 4) is 0 Å². The first-order chi connectivity index (χ1) is 32.9. The molecule has 0 aliphatic heterocycles. The number of benzene rings is 1. The summed E-state index contributed by atoms with van der Waals surface area (Å²) in [5.41, 5.74) is 10.8. The molecule has 0 atom stereocenters. The zero-order valence-electron chi connectivity index (χ0n) is 41.1. The zero-order chi connectivity index (χ0) is 49.4. The lowest BCUT2D eigenvalue weighted by Gasteiger charge is -2.08. The Morgan fingerprint density at radius 3 is 1.34 bits per heavy atom. The van der Waals surface area contributed by atoms with Crippen LogP contribution < -0.4 is 54.0 Å². The topological polar surface area (TPSA) is 253 Å². The highest BCUT2D eigenvalue weighted by Crippen LogP contribution is 2.30. The van der Waals surface area contributed by atoms with Crippen LogP contribution >= 0.6 is 34.2 Å². The summed E-state index contributed by atoms with van der Waals surface area (Å²) in [6.07, 6.45) is 8.54. The van der Waals surface area contributed by atoms with Gasteiger partial charge in [-0.05, 0) is 69.7 Å². The summed E-state index contributed by atoms with van der Waals surface area (Å²) in [4.78, 5) is 47.7. The van der Waals surface area contributed by atoms with Crippen LogP contribution in [0.1, 0.15) is 68.6 Å². The maximum absolute atomic E-state index is 11.8. The van der Waals surface area contributed by atoms with Gasteiger partial charge in [-0.25, -0.2) is 0 Å². The normalized spacial score (nSPS) is 11.0. The van der Waals surface area contributed by atoms with Crippen molar-refractivity contribution in [3.63, 3.8) is 0 Å². The van der Waals surface area contributed by atoms with Crippen molar-refractivity contribution in [1.82, 2.24) is 42.5 Å². The number of rotatable bonds is 47. The lowest BCUT2D eigenvalue weighted by atomic mass is 10.2. The number of carbonyl (C=O) groups is 4. The summed E-state index contributed by atoms with van der Waals surface area (Å²) in [6.45, 7) is 14.2. The molecule has 1 aromatic rings. The molecule has 21 heteroatoms. The molecule has 0 bridgehead atoms. The fourth-order valence-corrected chi connectivity index (χ4v) is 7.51. The minimum absolute atomic E-state index is 0. The van der Waals surface area contributed by atoms with Crippen LogP contribution in [0.25, 0.3) is 0 Å². The van der Waals surface area contributed by atoms with Gasteiger partial charge in [0.15, 0.2) is 0 Å². The lowest BCUT2D eigenvalue weighted by Crippen LogP contribution is -2.32. The number of thiol groups is 1. The second-order valence-electron chi connectivity index (χ2n) is 14.5. The van der Waals surface area contributed by atoms with Gasteiger partial charge in [-0.3, -0.25) is 19.2 Å². The van der Waals surface area contributed by atoms with E-state index in [4.69, 9.17) is 33.4 Å². The first-order valence-electron chi connectivity index (χ1n) is 24.5. The predicted molar refractivity (Wildman–Crippen MR) is 274 cm³/mol. The van der Waals surface area contributed by atoms with Crippen molar-refractivity contribution in [2.75, 3.05) is 156 Å². The maximum atomic E-state index is 11.8. The smallest absolute Gasteiger partial charge is 0.222 e. The third kappa shape index (κ3) is 51.0. The molecular weight excluding hydrogens is 893 g/mol. The number of nitrogens with one attached hydrogen (secondary N) is 8. The molecule has 18 nitrogen and oxygen atoms in total. The Balaban J connectivity index is -0.00000121. The minimum Gasteiger partial charge on any atom is -0.379 e. The van der Waals surface area contributed by atoms with E-state index in [-0.39, 0.29) is 25.1 Å². The Bertz CT molecular complexity index is 1240. The number of hydrogen-bond donors (Lipinski definition) is 11. The van der Waals surface area contributed by atoms with Gasteiger partial charge < -0.3 is 72.9 Å². The second kappa shape index (κ2) is 52.7. The van der Waals surface area contributed by atoms with E-state index in [0.717, 1.165) is 83.8 Å². The van der Waals surface area contributed by atoms with Crippen molar-refractivity contribution in [3.05, 3.63) is 30.3 Å². The van der Waals surface area contributed by atoms with Crippen LogP contribution in [-0.4, -0.2) is 180 Å². The third-order valence-corrected chi connectivity index (χ3v) is 11.4. The molecule has 0 saturated carbocycles. The summed E-state index contributed by atoms with van der Waals surface area (Å²) < 4.78 is 31.6. The zero-order valence-corrected chi connectivity index (χ0v) is 41.6. The van der Waals surface area contributed by atoms with Gasteiger partial charge >= 0.3 is 0 Å². The molecule has 0 unspecified atom stereocenters. The maximum Gasteiger partial charge on any atom is 0.222 e. The average molecular weight is 988 g/mol. The highest BCUT2D eigenvalue weighted by atomic mass is 33.1. The van der Waals surface area contributed by atoms with Crippen molar-refractivity contribution in [1.29, 1.82) is 0 Å². The van der Waals surface area contributed by atoms with Crippen molar-refractivity contribution in [2.24, 2.45) is 11.5 Å². The number of carbonyl (C=O) groups excluding carboxylic acids is 4. The van der Waals surface area contributed by atoms with Crippen LogP contribution in [0.4, 0.5) is 0 Å². The molecular formula is C44H90N10O8S3. The van der Waals surface area contributed by atoms with Gasteiger partial charge in [0.25, 0.3) is 0 Å². The third-order valence-electron chi connectivity index (χ3n) is 8.78. The molecule has 0 aliphatic carbocycles. The molecule has 0 aliphatic rings. The average Bonchev–Trinajstić information content (AvgIpc) is 3.34. The van der Waals surface area contributed by atoms with E-state index in [2.05, 4.69) is 67.3 Å². The van der Waals surface area contributed by atoms with Gasteiger partial charge in [0.2, 0.25) is 23.6 Å². The molecule has 0 heterocycles. The van der Waals surface area contributed by atoms with Gasteiger partial charge in [0.05, 0.1) is 52.9 Å². The first kappa shape index (κ1) is 60.8. The quantitative estimate of drug-likeness (QED) is 0.0252. The van der Waals surface area contributed by atoms with Crippen LogP contribution in [-0.2, 0) is 38.1 Å². The fraction of sp³-hybridized carbons (Fsp3) is 0.773. The standard InChI is InChI=1S/C25H45N5O4S2.C19H41N5O4S.2H2/c26-11-14-27-12-5-2-6-13-28-15-16-29-24(31)9-18-33-20-21-34-19-17-30-25(32)10-22-35-36-23-7-3-1-4-8-23;20-6-9-21-7-2-1-3-8-22-10-11-23-18(25)4-13-27-15-16-28-14-12-24-19(26)5-17-29;;/h1,3-4,7-8,27-28H,2,5-6,9-22,26H2,(H,29,31)(H,30,32);21-22,29H,1-17,20H2,(H,23,25)(H,24,26);2*1H/i;;1+2D;1+2. The van der Waals surface area contributed by atoms with Gasteiger partial charge in [0, 0.05) is 106 Å². The number of unbranched alkanes of at least 4 members (excludes halogenated alkanes) is 4. The number of hydrogen-bond acceptors (Lipinski definition) is 17. The van der Waals surface area contributed by atoms with Crippen molar-refractivity contribution < 1.29 is 42.5 Å². The summed E-state index contributed by atoms with van der Waals surface area (Å²) in [5, 5.41) is 24.6. The van der Waals surface area contributed by atoms with E-state index in [9.17, 15) is 19.2 Å². The molecule has 65 heavy (non-hydrogen) atoms. The minimum atomic E-state index is -0.0207. The summed E-state index contributed by atoms with van der Waals surface area (Å²) in [6, 6.07) is 10.1. The highest BCUT2D eigenvalue weighted by molar-refractivity contribution is 8.76. The molecule has 0 fully saturated rings.